The van der Waals surface area contributed by atoms with Gasteiger partial charge >= 0.3 is 0 Å². The highest BCUT2D eigenvalue weighted by molar-refractivity contribution is 7.98. The molecule has 0 saturated heterocycles. The Balaban J connectivity index is 1.43. The first-order valence-electron chi connectivity index (χ1n) is 9.78. The van der Waals surface area contributed by atoms with Gasteiger partial charge in [-0.15, -0.1) is 11.8 Å². The highest BCUT2D eigenvalue weighted by Gasteiger charge is 2.06. The Kier molecular flexibility index (Phi) is 7.36. The van der Waals surface area contributed by atoms with Crippen LogP contribution >= 0.6 is 11.8 Å². The Labute approximate surface area is 177 Å². The maximum Gasteiger partial charge on any atom is 0.251 e. The quantitative estimate of drug-likeness (QED) is 0.385. The Bertz CT molecular complexity index is 950. The molecule has 3 nitrogen and oxygen atoms in total. The summed E-state index contributed by atoms with van der Waals surface area (Å²) in [5.41, 5.74) is 5.40. The second kappa shape index (κ2) is 10.2. The van der Waals surface area contributed by atoms with Crippen molar-refractivity contribution in [3.63, 3.8) is 0 Å². The summed E-state index contributed by atoms with van der Waals surface area (Å²) in [6.45, 7) is 7.07. The molecular weight excluding hydrogens is 378 g/mol. The van der Waals surface area contributed by atoms with Crippen molar-refractivity contribution >= 4 is 17.7 Å². The van der Waals surface area contributed by atoms with Crippen molar-refractivity contribution in [3.8, 4) is 5.75 Å². The third-order valence-corrected chi connectivity index (χ3v) is 5.71. The molecule has 0 unspecified atom stereocenters. The predicted octanol–water partition coefficient (Wildman–Crippen LogP) is 5.71. The molecule has 3 aromatic carbocycles. The topological polar surface area (TPSA) is 38.3 Å². The van der Waals surface area contributed by atoms with Crippen LogP contribution in [0.25, 0.3) is 0 Å². The summed E-state index contributed by atoms with van der Waals surface area (Å²) in [6, 6.07) is 22.5. The van der Waals surface area contributed by atoms with Crippen LogP contribution in [0.5, 0.6) is 5.75 Å². The number of amides is 1. The predicted molar refractivity (Wildman–Crippen MR) is 121 cm³/mol. The number of carbonyl (C=O) groups is 1. The van der Waals surface area contributed by atoms with E-state index in [2.05, 4.69) is 42.6 Å². The summed E-state index contributed by atoms with van der Waals surface area (Å²) in [6.07, 6.45) is 0. The van der Waals surface area contributed by atoms with Gasteiger partial charge in [-0.1, -0.05) is 42.0 Å². The number of benzene rings is 3. The minimum atomic E-state index is -0.0766. The van der Waals surface area contributed by atoms with Gasteiger partial charge in [-0.2, -0.15) is 0 Å². The molecule has 0 saturated carbocycles. The van der Waals surface area contributed by atoms with Crippen molar-refractivity contribution in [2.75, 3.05) is 13.2 Å². The van der Waals surface area contributed by atoms with Gasteiger partial charge in [0.05, 0.1) is 6.54 Å². The lowest BCUT2D eigenvalue weighted by atomic mass is 10.1. The van der Waals surface area contributed by atoms with Crippen molar-refractivity contribution in [1.82, 2.24) is 5.32 Å². The molecule has 0 radical (unpaired) electrons. The van der Waals surface area contributed by atoms with Gasteiger partial charge in [0.2, 0.25) is 0 Å². The van der Waals surface area contributed by atoms with Crippen LogP contribution < -0.4 is 10.1 Å². The number of hydrogen-bond acceptors (Lipinski definition) is 3. The monoisotopic (exact) mass is 405 g/mol. The largest absolute Gasteiger partial charge is 0.491 e. The first kappa shape index (κ1) is 21.0. The lowest BCUT2D eigenvalue weighted by molar-refractivity contribution is 0.0947. The standard InChI is InChI=1S/C25H27NO2S/c1-18-5-12-23(13-6-18)29-17-21-8-10-22(11-9-21)25(27)26-14-15-28-24-16-19(2)4-7-20(24)3/h4-13,16H,14-15,17H2,1-3H3,(H,26,27). The van der Waals surface area contributed by atoms with Crippen LogP contribution in [-0.4, -0.2) is 19.1 Å². The van der Waals surface area contributed by atoms with Crippen LogP contribution in [0.1, 0.15) is 32.6 Å². The van der Waals surface area contributed by atoms with Crippen molar-refractivity contribution in [2.24, 2.45) is 0 Å². The summed E-state index contributed by atoms with van der Waals surface area (Å²) < 4.78 is 5.79. The number of nitrogens with one attached hydrogen (secondary N) is 1. The van der Waals surface area contributed by atoms with E-state index in [-0.39, 0.29) is 5.91 Å². The lowest BCUT2D eigenvalue weighted by Gasteiger charge is -2.11. The van der Waals surface area contributed by atoms with Gasteiger partial charge in [0.15, 0.2) is 0 Å². The van der Waals surface area contributed by atoms with Crippen LogP contribution in [-0.2, 0) is 5.75 Å². The summed E-state index contributed by atoms with van der Waals surface area (Å²) in [4.78, 5) is 13.6. The van der Waals surface area contributed by atoms with E-state index < -0.39 is 0 Å². The van der Waals surface area contributed by atoms with Gasteiger partial charge in [-0.25, -0.2) is 0 Å². The Morgan fingerprint density at radius 2 is 1.59 bits per heavy atom. The fourth-order valence-electron chi connectivity index (χ4n) is 2.84. The van der Waals surface area contributed by atoms with E-state index in [1.54, 1.807) is 11.8 Å². The maximum absolute atomic E-state index is 12.3. The normalized spacial score (nSPS) is 10.6. The average molecular weight is 406 g/mol. The first-order valence-corrected chi connectivity index (χ1v) is 10.8. The molecule has 0 atom stereocenters. The SMILES string of the molecule is Cc1ccc(SCc2ccc(C(=O)NCCOc3cc(C)ccc3C)cc2)cc1. The fraction of sp³-hybridized carbons (Fsp3) is 0.240. The molecule has 0 aromatic heterocycles. The maximum atomic E-state index is 12.3. The number of carbonyl (C=O) groups excluding carboxylic acids is 1. The van der Waals surface area contributed by atoms with Gasteiger partial charge in [-0.3, -0.25) is 4.79 Å². The van der Waals surface area contributed by atoms with E-state index in [4.69, 9.17) is 4.74 Å². The Morgan fingerprint density at radius 3 is 2.31 bits per heavy atom. The molecule has 3 rings (SSSR count). The molecule has 0 fully saturated rings. The number of ether oxygens (including phenoxy) is 1. The summed E-state index contributed by atoms with van der Waals surface area (Å²) in [5.74, 6) is 1.68. The number of thioether (sulfide) groups is 1. The molecule has 0 aliphatic rings. The van der Waals surface area contributed by atoms with Crippen molar-refractivity contribution in [3.05, 3.63) is 94.5 Å². The molecule has 0 bridgehead atoms. The van der Waals surface area contributed by atoms with Crippen LogP contribution in [0.3, 0.4) is 0 Å². The molecule has 150 valence electrons. The van der Waals surface area contributed by atoms with Crippen molar-refractivity contribution in [1.29, 1.82) is 0 Å². The molecule has 3 aromatic rings. The summed E-state index contributed by atoms with van der Waals surface area (Å²) in [5, 5.41) is 2.92. The smallest absolute Gasteiger partial charge is 0.251 e. The molecule has 0 spiro atoms. The van der Waals surface area contributed by atoms with Crippen LogP contribution in [0.2, 0.25) is 0 Å². The second-order valence-electron chi connectivity index (χ2n) is 7.17. The van der Waals surface area contributed by atoms with Gasteiger partial charge in [-0.05, 0) is 67.8 Å². The van der Waals surface area contributed by atoms with E-state index in [0.717, 1.165) is 22.6 Å². The Morgan fingerprint density at radius 1 is 0.897 bits per heavy atom. The van der Waals surface area contributed by atoms with E-state index in [1.807, 2.05) is 50.2 Å². The molecule has 0 aliphatic heterocycles. The highest BCUT2D eigenvalue weighted by atomic mass is 32.2. The summed E-state index contributed by atoms with van der Waals surface area (Å²) >= 11 is 1.80. The lowest BCUT2D eigenvalue weighted by Crippen LogP contribution is -2.28. The van der Waals surface area contributed by atoms with Crippen LogP contribution in [0, 0.1) is 20.8 Å². The summed E-state index contributed by atoms with van der Waals surface area (Å²) in [7, 11) is 0. The van der Waals surface area contributed by atoms with Crippen molar-refractivity contribution < 1.29 is 9.53 Å². The molecular formula is C25H27NO2S. The van der Waals surface area contributed by atoms with E-state index in [1.165, 1.54) is 16.0 Å². The van der Waals surface area contributed by atoms with E-state index in [9.17, 15) is 4.79 Å². The third-order valence-electron chi connectivity index (χ3n) is 4.63. The second-order valence-corrected chi connectivity index (χ2v) is 8.22. The van der Waals surface area contributed by atoms with Crippen LogP contribution in [0.4, 0.5) is 0 Å². The third kappa shape index (κ3) is 6.40. The zero-order valence-corrected chi connectivity index (χ0v) is 18.0. The van der Waals surface area contributed by atoms with Gasteiger partial charge < -0.3 is 10.1 Å². The fourth-order valence-corrected chi connectivity index (χ4v) is 3.70. The molecule has 4 heteroatoms. The molecule has 0 heterocycles. The number of rotatable bonds is 8. The zero-order chi connectivity index (χ0) is 20.6. The Hall–Kier alpha value is -2.72. The van der Waals surface area contributed by atoms with E-state index in [0.29, 0.717) is 18.7 Å². The van der Waals surface area contributed by atoms with Crippen molar-refractivity contribution in [2.45, 2.75) is 31.4 Å². The molecule has 29 heavy (non-hydrogen) atoms. The number of hydrogen-bond donors (Lipinski definition) is 1. The first-order chi connectivity index (χ1) is 14.0. The average Bonchev–Trinajstić information content (AvgIpc) is 2.73. The van der Waals surface area contributed by atoms with Gasteiger partial charge in [0.25, 0.3) is 5.91 Å². The minimum absolute atomic E-state index is 0.0766. The van der Waals surface area contributed by atoms with Gasteiger partial charge in [0, 0.05) is 16.2 Å². The molecule has 1 N–H and O–H groups in total. The van der Waals surface area contributed by atoms with E-state index >= 15 is 0 Å². The zero-order valence-electron chi connectivity index (χ0n) is 17.2. The highest BCUT2D eigenvalue weighted by Crippen LogP contribution is 2.23. The van der Waals surface area contributed by atoms with Gasteiger partial charge in [0.1, 0.15) is 12.4 Å². The number of aryl methyl sites for hydroxylation is 3. The molecule has 0 aliphatic carbocycles. The van der Waals surface area contributed by atoms with Crippen LogP contribution in [0.15, 0.2) is 71.6 Å². The molecule has 1 amide bonds. The minimum Gasteiger partial charge on any atom is -0.491 e.